The average molecular weight is 311 g/mol. The van der Waals surface area contributed by atoms with Gasteiger partial charge in [-0.25, -0.2) is 0 Å². The second-order valence-electron chi connectivity index (χ2n) is 5.96. The van der Waals surface area contributed by atoms with Gasteiger partial charge in [0.15, 0.2) is 0 Å². The fraction of sp³-hybridized carbons (Fsp3) is 0.368. The number of ether oxygens (including phenoxy) is 3. The van der Waals surface area contributed by atoms with Gasteiger partial charge in [-0.1, -0.05) is 30.3 Å². The van der Waals surface area contributed by atoms with E-state index in [1.54, 1.807) is 0 Å². The minimum absolute atomic E-state index is 0.0431. The van der Waals surface area contributed by atoms with Crippen molar-refractivity contribution in [2.75, 3.05) is 19.8 Å². The Bertz CT molecular complexity index is 659. The van der Waals surface area contributed by atoms with Crippen LogP contribution >= 0.6 is 0 Å². The molecule has 0 bridgehead atoms. The predicted octanol–water partition coefficient (Wildman–Crippen LogP) is 3.08. The third kappa shape index (κ3) is 3.19. The predicted molar refractivity (Wildman–Crippen MR) is 87.8 cm³/mol. The molecule has 120 valence electrons. The molecule has 0 saturated carbocycles. The first-order chi connectivity index (χ1) is 11.4. The molecule has 2 aromatic rings. The van der Waals surface area contributed by atoms with Crippen LogP contribution in [0.4, 0.5) is 0 Å². The van der Waals surface area contributed by atoms with E-state index in [9.17, 15) is 0 Å². The maximum absolute atomic E-state index is 6.01. The lowest BCUT2D eigenvalue weighted by Crippen LogP contribution is -2.43. The molecular formula is C19H21NO3. The molecule has 2 aliphatic heterocycles. The molecule has 4 nitrogen and oxygen atoms in total. The maximum Gasteiger partial charge on any atom is 0.125 e. The van der Waals surface area contributed by atoms with Crippen molar-refractivity contribution < 1.29 is 14.2 Å². The molecule has 0 aromatic heterocycles. The fourth-order valence-corrected chi connectivity index (χ4v) is 3.22. The van der Waals surface area contributed by atoms with Crippen molar-refractivity contribution in [2.45, 2.75) is 25.2 Å². The van der Waals surface area contributed by atoms with Gasteiger partial charge in [0, 0.05) is 18.2 Å². The molecule has 4 heteroatoms. The summed E-state index contributed by atoms with van der Waals surface area (Å²) in [5.41, 5.74) is 2.25. The highest BCUT2D eigenvalue weighted by atomic mass is 16.5. The first-order valence-electron chi connectivity index (χ1n) is 8.18. The van der Waals surface area contributed by atoms with Crippen molar-refractivity contribution in [3.8, 4) is 11.5 Å². The summed E-state index contributed by atoms with van der Waals surface area (Å²) >= 11 is 0. The van der Waals surface area contributed by atoms with Crippen LogP contribution in [0.25, 0.3) is 0 Å². The molecule has 0 amide bonds. The SMILES string of the molecule is c1ccc(COc2ccc3c(c2)[C@H]2OCCN[C@@H]2CCO3)cc1. The maximum atomic E-state index is 6.01. The zero-order valence-electron chi connectivity index (χ0n) is 13.0. The van der Waals surface area contributed by atoms with Crippen LogP contribution in [0.1, 0.15) is 23.7 Å². The molecule has 0 radical (unpaired) electrons. The summed E-state index contributed by atoms with van der Waals surface area (Å²) in [5.74, 6) is 1.76. The molecule has 23 heavy (non-hydrogen) atoms. The zero-order chi connectivity index (χ0) is 15.5. The van der Waals surface area contributed by atoms with E-state index < -0.39 is 0 Å². The Kier molecular flexibility index (Phi) is 4.18. The van der Waals surface area contributed by atoms with E-state index in [-0.39, 0.29) is 6.10 Å². The van der Waals surface area contributed by atoms with E-state index in [0.29, 0.717) is 12.6 Å². The fourth-order valence-electron chi connectivity index (χ4n) is 3.22. The monoisotopic (exact) mass is 311 g/mol. The van der Waals surface area contributed by atoms with Crippen LogP contribution in [-0.4, -0.2) is 25.8 Å². The van der Waals surface area contributed by atoms with Crippen LogP contribution < -0.4 is 14.8 Å². The number of nitrogens with one attached hydrogen (secondary N) is 1. The Morgan fingerprint density at radius 1 is 1.09 bits per heavy atom. The Morgan fingerprint density at radius 2 is 2.00 bits per heavy atom. The number of hydrogen-bond acceptors (Lipinski definition) is 4. The van der Waals surface area contributed by atoms with Crippen LogP contribution in [0, 0.1) is 0 Å². The molecule has 1 fully saturated rings. The van der Waals surface area contributed by atoms with Gasteiger partial charge >= 0.3 is 0 Å². The number of rotatable bonds is 3. The van der Waals surface area contributed by atoms with Crippen molar-refractivity contribution in [1.29, 1.82) is 0 Å². The highest BCUT2D eigenvalue weighted by molar-refractivity contribution is 5.43. The standard InChI is InChI=1S/C19H21NO3/c1-2-4-14(5-3-1)13-23-15-6-7-18-16(12-15)19-17(8-10-21-18)20-9-11-22-19/h1-7,12,17,19-20H,8-11,13H2/t17-,19-/m1/s1. The van der Waals surface area contributed by atoms with Crippen molar-refractivity contribution in [3.63, 3.8) is 0 Å². The highest BCUT2D eigenvalue weighted by Crippen LogP contribution is 2.37. The Hall–Kier alpha value is -2.04. The molecular weight excluding hydrogens is 290 g/mol. The van der Waals surface area contributed by atoms with Gasteiger partial charge in [0.1, 0.15) is 24.2 Å². The first-order valence-corrected chi connectivity index (χ1v) is 8.18. The van der Waals surface area contributed by atoms with Crippen molar-refractivity contribution in [1.82, 2.24) is 5.32 Å². The molecule has 2 aliphatic rings. The lowest BCUT2D eigenvalue weighted by molar-refractivity contribution is -0.00596. The van der Waals surface area contributed by atoms with Crippen LogP contribution in [0.5, 0.6) is 11.5 Å². The summed E-state index contributed by atoms with van der Waals surface area (Å²) in [4.78, 5) is 0. The van der Waals surface area contributed by atoms with Crippen LogP contribution in [0.2, 0.25) is 0 Å². The van der Waals surface area contributed by atoms with Gasteiger partial charge in [-0.05, 0) is 30.2 Å². The van der Waals surface area contributed by atoms with E-state index in [2.05, 4.69) is 23.5 Å². The van der Waals surface area contributed by atoms with Crippen molar-refractivity contribution in [2.24, 2.45) is 0 Å². The number of benzene rings is 2. The van der Waals surface area contributed by atoms with E-state index in [1.807, 2.05) is 30.3 Å². The number of morpholine rings is 1. The lowest BCUT2D eigenvalue weighted by Gasteiger charge is -2.31. The Balaban J connectivity index is 1.55. The number of fused-ring (bicyclic) bond motifs is 3. The first kappa shape index (κ1) is 14.5. The second-order valence-corrected chi connectivity index (χ2v) is 5.96. The zero-order valence-corrected chi connectivity index (χ0v) is 13.0. The smallest absolute Gasteiger partial charge is 0.125 e. The third-order valence-corrected chi connectivity index (χ3v) is 4.39. The quantitative estimate of drug-likeness (QED) is 0.945. The normalized spacial score (nSPS) is 23.1. The Labute approximate surface area is 136 Å². The van der Waals surface area contributed by atoms with Crippen LogP contribution in [0.15, 0.2) is 48.5 Å². The molecule has 2 aromatic carbocycles. The highest BCUT2D eigenvalue weighted by Gasteiger charge is 2.32. The van der Waals surface area contributed by atoms with Crippen LogP contribution in [-0.2, 0) is 11.3 Å². The van der Waals surface area contributed by atoms with Crippen molar-refractivity contribution >= 4 is 0 Å². The van der Waals surface area contributed by atoms with E-state index in [1.165, 1.54) is 0 Å². The van der Waals surface area contributed by atoms with Gasteiger partial charge < -0.3 is 19.5 Å². The van der Waals surface area contributed by atoms with Gasteiger partial charge in [0.25, 0.3) is 0 Å². The summed E-state index contributed by atoms with van der Waals surface area (Å²) < 4.78 is 17.8. The molecule has 0 unspecified atom stereocenters. The minimum atomic E-state index is 0.0431. The van der Waals surface area contributed by atoms with Gasteiger partial charge in [0.2, 0.25) is 0 Å². The second kappa shape index (κ2) is 6.60. The Morgan fingerprint density at radius 3 is 2.91 bits per heavy atom. The topological polar surface area (TPSA) is 39.7 Å². The van der Waals surface area contributed by atoms with Gasteiger partial charge in [0.05, 0.1) is 13.2 Å². The van der Waals surface area contributed by atoms with Gasteiger partial charge in [-0.2, -0.15) is 0 Å². The summed E-state index contributed by atoms with van der Waals surface area (Å²) in [6.45, 7) is 2.92. The molecule has 0 aliphatic carbocycles. The minimum Gasteiger partial charge on any atom is -0.493 e. The van der Waals surface area contributed by atoms with Crippen LogP contribution in [0.3, 0.4) is 0 Å². The molecule has 2 atom stereocenters. The molecule has 0 spiro atoms. The largest absolute Gasteiger partial charge is 0.493 e. The lowest BCUT2D eigenvalue weighted by atomic mass is 9.98. The van der Waals surface area contributed by atoms with E-state index in [0.717, 1.165) is 48.8 Å². The molecule has 2 heterocycles. The molecule has 1 saturated heterocycles. The van der Waals surface area contributed by atoms with E-state index >= 15 is 0 Å². The molecule has 1 N–H and O–H groups in total. The average Bonchev–Trinajstić information content (AvgIpc) is 2.80. The number of hydrogen-bond donors (Lipinski definition) is 1. The summed E-state index contributed by atoms with van der Waals surface area (Å²) in [7, 11) is 0. The van der Waals surface area contributed by atoms with Gasteiger partial charge in [-0.15, -0.1) is 0 Å². The van der Waals surface area contributed by atoms with Gasteiger partial charge in [-0.3, -0.25) is 0 Å². The summed E-state index contributed by atoms with van der Waals surface area (Å²) in [5, 5.41) is 3.53. The molecule has 4 rings (SSSR count). The van der Waals surface area contributed by atoms with Crippen molar-refractivity contribution in [3.05, 3.63) is 59.7 Å². The summed E-state index contributed by atoms with van der Waals surface area (Å²) in [6, 6.07) is 16.5. The third-order valence-electron chi connectivity index (χ3n) is 4.39. The summed E-state index contributed by atoms with van der Waals surface area (Å²) in [6.07, 6.45) is 1.00. The van der Waals surface area contributed by atoms with E-state index in [4.69, 9.17) is 14.2 Å².